The van der Waals surface area contributed by atoms with Gasteiger partial charge in [0.15, 0.2) is 0 Å². The van der Waals surface area contributed by atoms with Crippen LogP contribution in [0.1, 0.15) is 40.5 Å². The number of carbonyl (C=O) groups is 1. The summed E-state index contributed by atoms with van der Waals surface area (Å²) >= 11 is 0. The smallest absolute Gasteiger partial charge is 0.133 e. The number of ketones is 1. The Bertz CT molecular complexity index is 304. The minimum Gasteiger partial charge on any atom is -0.389 e. The highest BCUT2D eigenvalue weighted by molar-refractivity contribution is 5.81. The molecule has 0 aliphatic heterocycles. The minimum absolute atomic E-state index is 0.112. The molecule has 3 atom stereocenters. The summed E-state index contributed by atoms with van der Waals surface area (Å²) in [6.07, 6.45) is 3.47. The van der Waals surface area contributed by atoms with Crippen LogP contribution in [0.5, 0.6) is 0 Å². The van der Waals surface area contributed by atoms with Gasteiger partial charge in [-0.1, -0.05) is 32.9 Å². The molecule has 0 unspecified atom stereocenters. The van der Waals surface area contributed by atoms with Crippen molar-refractivity contribution in [3.63, 3.8) is 0 Å². The van der Waals surface area contributed by atoms with E-state index < -0.39 is 17.1 Å². The topological polar surface area (TPSA) is 57.5 Å². The predicted molar refractivity (Wildman–Crippen MR) is 63.0 cm³/mol. The normalized spacial score (nSPS) is 36.6. The number of hydrogen-bond donors (Lipinski definition) is 2. The lowest BCUT2D eigenvalue weighted by molar-refractivity contribution is -0.142. The molecule has 0 saturated heterocycles. The summed E-state index contributed by atoms with van der Waals surface area (Å²) in [5.74, 6) is 0.0892. The molecule has 0 bridgehead atoms. The third-order valence-electron chi connectivity index (χ3n) is 3.64. The number of hydrogen-bond acceptors (Lipinski definition) is 3. The Balaban J connectivity index is 3.02. The first-order valence-corrected chi connectivity index (χ1v) is 5.80. The lowest BCUT2D eigenvalue weighted by Crippen LogP contribution is -2.53. The van der Waals surface area contributed by atoms with Crippen LogP contribution in [-0.4, -0.2) is 27.7 Å². The molecule has 0 aromatic rings. The fourth-order valence-corrected chi connectivity index (χ4v) is 2.55. The van der Waals surface area contributed by atoms with Crippen molar-refractivity contribution in [2.75, 3.05) is 0 Å². The summed E-state index contributed by atoms with van der Waals surface area (Å²) in [4.78, 5) is 11.5. The van der Waals surface area contributed by atoms with Gasteiger partial charge in [-0.15, -0.1) is 0 Å². The minimum atomic E-state index is -1.02. The summed E-state index contributed by atoms with van der Waals surface area (Å²) in [7, 11) is 0. The molecule has 1 rings (SSSR count). The van der Waals surface area contributed by atoms with Gasteiger partial charge in [0.25, 0.3) is 0 Å². The monoisotopic (exact) mass is 226 g/mol. The standard InChI is InChI=1S/C13H22O3/c1-9-7-11(15)8-12(3,4)13(9,16)6-5-10(2)14/h5-6,9-10,14,16H,7-8H2,1-4H3/b6-5+/t9-,10+,13-/m1/s1. The van der Waals surface area contributed by atoms with Gasteiger partial charge >= 0.3 is 0 Å². The molecule has 0 heterocycles. The second-order valence-corrected chi connectivity index (χ2v) is 5.63. The van der Waals surface area contributed by atoms with Crippen LogP contribution in [-0.2, 0) is 4.79 Å². The Hall–Kier alpha value is -0.670. The second-order valence-electron chi connectivity index (χ2n) is 5.63. The van der Waals surface area contributed by atoms with Crippen molar-refractivity contribution in [3.05, 3.63) is 12.2 Å². The first-order chi connectivity index (χ1) is 7.19. The summed E-state index contributed by atoms with van der Waals surface area (Å²) in [5.41, 5.74) is -1.50. The van der Waals surface area contributed by atoms with Crippen molar-refractivity contribution in [2.45, 2.75) is 52.2 Å². The van der Waals surface area contributed by atoms with Gasteiger partial charge in [-0.2, -0.15) is 0 Å². The molecule has 1 aliphatic carbocycles. The van der Waals surface area contributed by atoms with Gasteiger partial charge in [-0.05, 0) is 12.8 Å². The highest BCUT2D eigenvalue weighted by Crippen LogP contribution is 2.46. The molecule has 3 nitrogen and oxygen atoms in total. The van der Waals surface area contributed by atoms with Gasteiger partial charge in [-0.3, -0.25) is 4.79 Å². The number of rotatable bonds is 2. The Labute approximate surface area is 97.2 Å². The van der Waals surface area contributed by atoms with Crippen LogP contribution in [0.2, 0.25) is 0 Å². The van der Waals surface area contributed by atoms with Crippen LogP contribution in [0.25, 0.3) is 0 Å². The Kier molecular flexibility index (Phi) is 3.60. The van der Waals surface area contributed by atoms with Crippen LogP contribution in [0.15, 0.2) is 12.2 Å². The van der Waals surface area contributed by atoms with Crippen molar-refractivity contribution in [1.29, 1.82) is 0 Å². The van der Waals surface area contributed by atoms with E-state index >= 15 is 0 Å². The highest BCUT2D eigenvalue weighted by atomic mass is 16.3. The van der Waals surface area contributed by atoms with Crippen LogP contribution in [0.3, 0.4) is 0 Å². The average Bonchev–Trinajstić information content (AvgIpc) is 2.10. The van der Waals surface area contributed by atoms with Crippen LogP contribution in [0, 0.1) is 11.3 Å². The van der Waals surface area contributed by atoms with E-state index in [1.807, 2.05) is 20.8 Å². The molecular formula is C13H22O3. The molecular weight excluding hydrogens is 204 g/mol. The molecule has 0 radical (unpaired) electrons. The summed E-state index contributed by atoms with van der Waals surface area (Å²) in [6, 6.07) is 0. The lowest BCUT2D eigenvalue weighted by atomic mass is 9.60. The molecule has 1 saturated carbocycles. The number of aliphatic hydroxyl groups excluding tert-OH is 1. The van der Waals surface area contributed by atoms with E-state index in [1.54, 1.807) is 19.1 Å². The van der Waals surface area contributed by atoms with Crippen molar-refractivity contribution in [1.82, 2.24) is 0 Å². The third-order valence-corrected chi connectivity index (χ3v) is 3.64. The maximum atomic E-state index is 11.5. The molecule has 92 valence electrons. The fourth-order valence-electron chi connectivity index (χ4n) is 2.55. The molecule has 0 aromatic heterocycles. The average molecular weight is 226 g/mol. The molecule has 2 N–H and O–H groups in total. The Morgan fingerprint density at radius 1 is 1.50 bits per heavy atom. The maximum Gasteiger partial charge on any atom is 0.133 e. The van der Waals surface area contributed by atoms with Gasteiger partial charge in [0.05, 0.1) is 11.7 Å². The zero-order valence-electron chi connectivity index (χ0n) is 10.5. The van der Waals surface area contributed by atoms with E-state index in [1.165, 1.54) is 0 Å². The van der Waals surface area contributed by atoms with Crippen molar-refractivity contribution >= 4 is 5.78 Å². The number of aliphatic hydroxyl groups is 2. The SMILES string of the molecule is C[C@H](O)/C=C/[C@@]1(O)[C@H](C)CC(=O)CC1(C)C. The Morgan fingerprint density at radius 3 is 2.50 bits per heavy atom. The summed E-state index contributed by atoms with van der Waals surface area (Å²) in [5, 5.41) is 19.9. The predicted octanol–water partition coefficient (Wildman–Crippen LogP) is 1.68. The molecule has 0 amide bonds. The summed E-state index contributed by atoms with van der Waals surface area (Å²) in [6.45, 7) is 7.32. The molecule has 1 aliphatic rings. The number of carbonyl (C=O) groups excluding carboxylic acids is 1. The van der Waals surface area contributed by atoms with E-state index in [0.717, 1.165) is 0 Å². The lowest BCUT2D eigenvalue weighted by Gasteiger charge is -2.48. The summed E-state index contributed by atoms with van der Waals surface area (Å²) < 4.78 is 0. The van der Waals surface area contributed by atoms with Gasteiger partial charge in [0.2, 0.25) is 0 Å². The first kappa shape index (κ1) is 13.4. The van der Waals surface area contributed by atoms with Gasteiger partial charge in [0.1, 0.15) is 5.78 Å². The van der Waals surface area contributed by atoms with E-state index in [-0.39, 0.29) is 11.7 Å². The quantitative estimate of drug-likeness (QED) is 0.704. The maximum absolute atomic E-state index is 11.5. The van der Waals surface area contributed by atoms with Crippen LogP contribution >= 0.6 is 0 Å². The largest absolute Gasteiger partial charge is 0.389 e. The van der Waals surface area contributed by atoms with E-state index in [2.05, 4.69) is 0 Å². The van der Waals surface area contributed by atoms with Gasteiger partial charge in [-0.25, -0.2) is 0 Å². The molecule has 0 aromatic carbocycles. The third kappa shape index (κ3) is 2.36. The highest BCUT2D eigenvalue weighted by Gasteiger charge is 2.50. The van der Waals surface area contributed by atoms with Crippen LogP contribution in [0.4, 0.5) is 0 Å². The zero-order valence-corrected chi connectivity index (χ0v) is 10.5. The van der Waals surface area contributed by atoms with Crippen molar-refractivity contribution in [3.8, 4) is 0 Å². The molecule has 1 fully saturated rings. The molecule has 3 heteroatoms. The van der Waals surface area contributed by atoms with E-state index in [9.17, 15) is 15.0 Å². The fraction of sp³-hybridized carbons (Fsp3) is 0.769. The zero-order chi connectivity index (χ0) is 12.6. The van der Waals surface area contributed by atoms with Gasteiger partial charge in [0, 0.05) is 18.3 Å². The molecule has 0 spiro atoms. The van der Waals surface area contributed by atoms with Crippen molar-refractivity contribution in [2.24, 2.45) is 11.3 Å². The van der Waals surface area contributed by atoms with E-state index in [4.69, 9.17) is 0 Å². The first-order valence-electron chi connectivity index (χ1n) is 5.80. The number of Topliss-reactive ketones (excluding diaryl/α,β-unsaturated/α-hetero) is 1. The van der Waals surface area contributed by atoms with Crippen LogP contribution < -0.4 is 0 Å². The Morgan fingerprint density at radius 2 is 2.06 bits per heavy atom. The van der Waals surface area contributed by atoms with Crippen molar-refractivity contribution < 1.29 is 15.0 Å². The second kappa shape index (κ2) is 4.30. The molecule has 16 heavy (non-hydrogen) atoms. The van der Waals surface area contributed by atoms with Gasteiger partial charge < -0.3 is 10.2 Å². The van der Waals surface area contributed by atoms with E-state index in [0.29, 0.717) is 12.8 Å².